The summed E-state index contributed by atoms with van der Waals surface area (Å²) in [7, 11) is 1.47. The van der Waals surface area contributed by atoms with Crippen LogP contribution in [0.15, 0.2) is 36.4 Å². The second-order valence-electron chi connectivity index (χ2n) is 6.51. The van der Waals surface area contributed by atoms with Gasteiger partial charge >= 0.3 is 0 Å². The van der Waals surface area contributed by atoms with E-state index in [2.05, 4.69) is 17.1 Å². The van der Waals surface area contributed by atoms with Crippen LogP contribution in [0.1, 0.15) is 36.5 Å². The first-order valence-electron chi connectivity index (χ1n) is 8.70. The van der Waals surface area contributed by atoms with Gasteiger partial charge in [-0.3, -0.25) is 4.79 Å². The maximum atomic E-state index is 12.6. The fourth-order valence-corrected chi connectivity index (χ4v) is 3.92. The molecule has 0 bridgehead atoms. The third-order valence-corrected chi connectivity index (χ3v) is 5.22. The molecule has 3 rings (SSSR count). The Balaban J connectivity index is 1.76. The monoisotopic (exact) mass is 392 g/mol. The van der Waals surface area contributed by atoms with E-state index >= 15 is 0 Å². The van der Waals surface area contributed by atoms with Crippen molar-refractivity contribution in [3.63, 3.8) is 0 Å². The van der Waals surface area contributed by atoms with Crippen LogP contribution in [0.2, 0.25) is 10.0 Å². The van der Waals surface area contributed by atoms with Crippen LogP contribution >= 0.6 is 23.2 Å². The fraction of sp³-hybridized carbons (Fsp3) is 0.350. The van der Waals surface area contributed by atoms with Crippen molar-refractivity contribution < 1.29 is 9.53 Å². The lowest BCUT2D eigenvalue weighted by Gasteiger charge is -2.35. The first-order valence-corrected chi connectivity index (χ1v) is 9.46. The third-order valence-electron chi connectivity index (χ3n) is 4.72. The molecule has 138 valence electrons. The highest BCUT2D eigenvalue weighted by Gasteiger charge is 2.19. The number of benzene rings is 2. The Morgan fingerprint density at radius 3 is 2.58 bits per heavy atom. The molecule has 0 unspecified atom stereocenters. The van der Waals surface area contributed by atoms with E-state index in [1.807, 2.05) is 24.3 Å². The van der Waals surface area contributed by atoms with E-state index in [0.717, 1.165) is 6.54 Å². The van der Waals surface area contributed by atoms with Crippen LogP contribution in [0.5, 0.6) is 5.75 Å². The zero-order chi connectivity index (χ0) is 18.7. The van der Waals surface area contributed by atoms with Crippen molar-refractivity contribution in [2.45, 2.75) is 32.2 Å². The first-order chi connectivity index (χ1) is 12.5. The molecule has 1 heterocycles. The van der Waals surface area contributed by atoms with E-state index in [1.165, 1.54) is 32.1 Å². The smallest absolute Gasteiger partial charge is 0.259 e. The van der Waals surface area contributed by atoms with Gasteiger partial charge in [0.25, 0.3) is 5.91 Å². The van der Waals surface area contributed by atoms with Crippen molar-refractivity contribution in [3.05, 3.63) is 52.0 Å². The number of halogens is 2. The zero-order valence-electron chi connectivity index (χ0n) is 14.9. The minimum atomic E-state index is -0.314. The topological polar surface area (TPSA) is 41.6 Å². The second-order valence-corrected chi connectivity index (χ2v) is 7.35. The summed E-state index contributed by atoms with van der Waals surface area (Å²) in [5.74, 6) is -0.00216. The average Bonchev–Trinajstić information content (AvgIpc) is 2.62. The van der Waals surface area contributed by atoms with E-state index in [4.69, 9.17) is 27.9 Å². The van der Waals surface area contributed by atoms with Crippen LogP contribution < -0.4 is 15.0 Å². The number of hydrogen-bond donors (Lipinski definition) is 1. The number of anilines is 2. The van der Waals surface area contributed by atoms with Gasteiger partial charge in [0, 0.05) is 29.0 Å². The molecule has 2 aromatic rings. The number of rotatable bonds is 4. The summed E-state index contributed by atoms with van der Waals surface area (Å²) in [6, 6.07) is 11.5. The summed E-state index contributed by atoms with van der Waals surface area (Å²) < 4.78 is 5.24. The molecule has 0 saturated carbocycles. The molecule has 0 aromatic heterocycles. The van der Waals surface area contributed by atoms with Gasteiger partial charge in [0.2, 0.25) is 0 Å². The van der Waals surface area contributed by atoms with E-state index in [0.29, 0.717) is 33.1 Å². The molecule has 0 radical (unpaired) electrons. The quantitative estimate of drug-likeness (QED) is 0.732. The fourth-order valence-electron chi connectivity index (χ4n) is 3.35. The zero-order valence-corrected chi connectivity index (χ0v) is 16.4. The van der Waals surface area contributed by atoms with Gasteiger partial charge < -0.3 is 15.0 Å². The van der Waals surface area contributed by atoms with Gasteiger partial charge in [0.15, 0.2) is 0 Å². The molecular weight excluding hydrogens is 371 g/mol. The van der Waals surface area contributed by atoms with Crippen molar-refractivity contribution in [3.8, 4) is 5.75 Å². The van der Waals surface area contributed by atoms with Crippen molar-refractivity contribution in [1.82, 2.24) is 0 Å². The lowest BCUT2D eigenvalue weighted by atomic mass is 10.0. The Morgan fingerprint density at radius 2 is 1.92 bits per heavy atom. The molecule has 26 heavy (non-hydrogen) atoms. The van der Waals surface area contributed by atoms with Gasteiger partial charge in [-0.05, 0) is 62.6 Å². The minimum Gasteiger partial charge on any atom is -0.494 e. The van der Waals surface area contributed by atoms with Crippen molar-refractivity contribution >= 4 is 40.5 Å². The van der Waals surface area contributed by atoms with E-state index in [9.17, 15) is 4.79 Å². The van der Waals surface area contributed by atoms with Crippen LogP contribution in [0.25, 0.3) is 0 Å². The van der Waals surface area contributed by atoms with E-state index in [1.54, 1.807) is 12.1 Å². The van der Waals surface area contributed by atoms with Crippen LogP contribution in [-0.2, 0) is 0 Å². The summed E-state index contributed by atoms with van der Waals surface area (Å²) in [6.07, 6.45) is 3.72. The van der Waals surface area contributed by atoms with Gasteiger partial charge in [-0.15, -0.1) is 0 Å². The predicted molar refractivity (Wildman–Crippen MR) is 108 cm³/mol. The number of piperidine rings is 1. The highest BCUT2D eigenvalue weighted by molar-refractivity contribution is 6.36. The summed E-state index contributed by atoms with van der Waals surface area (Å²) in [5.41, 5.74) is 2.19. The predicted octanol–water partition coefficient (Wildman–Crippen LogP) is 5.63. The first kappa shape index (κ1) is 18.9. The van der Waals surface area contributed by atoms with E-state index in [-0.39, 0.29) is 5.91 Å². The molecule has 1 N–H and O–H groups in total. The number of carbonyl (C=O) groups is 1. The second kappa shape index (κ2) is 8.19. The molecule has 4 nitrogen and oxygen atoms in total. The molecule has 1 atom stereocenters. The van der Waals surface area contributed by atoms with Crippen LogP contribution in [0.3, 0.4) is 0 Å². The molecular formula is C20H22Cl2N2O2. The molecule has 6 heteroatoms. The molecule has 1 aliphatic heterocycles. The van der Waals surface area contributed by atoms with Crippen LogP contribution in [-0.4, -0.2) is 25.6 Å². The molecule has 2 aromatic carbocycles. The number of nitrogens with one attached hydrogen (secondary N) is 1. The van der Waals surface area contributed by atoms with Gasteiger partial charge in [0.05, 0.1) is 17.7 Å². The maximum Gasteiger partial charge on any atom is 0.259 e. The SMILES string of the molecule is COc1c(Cl)cc(Cl)cc1C(=O)Nc1ccc(N2CCCC[C@H]2C)cc1. The Labute approximate surface area is 164 Å². The normalized spacial score (nSPS) is 17.1. The largest absolute Gasteiger partial charge is 0.494 e. The number of methoxy groups -OCH3 is 1. The summed E-state index contributed by atoms with van der Waals surface area (Å²) in [5, 5.41) is 3.56. The Kier molecular flexibility index (Phi) is 5.94. The minimum absolute atomic E-state index is 0.304. The highest BCUT2D eigenvalue weighted by atomic mass is 35.5. The van der Waals surface area contributed by atoms with Crippen molar-refractivity contribution in [1.29, 1.82) is 0 Å². The van der Waals surface area contributed by atoms with Gasteiger partial charge in [-0.1, -0.05) is 23.2 Å². The lowest BCUT2D eigenvalue weighted by Crippen LogP contribution is -2.37. The summed E-state index contributed by atoms with van der Waals surface area (Å²) >= 11 is 12.1. The number of hydrogen-bond acceptors (Lipinski definition) is 3. The molecule has 1 saturated heterocycles. The molecule has 1 fully saturated rings. The van der Waals surface area contributed by atoms with Crippen LogP contribution in [0, 0.1) is 0 Å². The van der Waals surface area contributed by atoms with Gasteiger partial charge in [-0.25, -0.2) is 0 Å². The maximum absolute atomic E-state index is 12.6. The highest BCUT2D eigenvalue weighted by Crippen LogP contribution is 2.33. The van der Waals surface area contributed by atoms with Crippen molar-refractivity contribution in [2.75, 3.05) is 23.9 Å². The molecule has 0 spiro atoms. The standard InChI is InChI=1S/C20H22Cl2N2O2/c1-13-5-3-4-10-24(13)16-8-6-15(7-9-16)23-20(25)17-11-14(21)12-18(22)19(17)26-2/h6-9,11-13H,3-5,10H2,1-2H3,(H,23,25)/t13-/m1/s1. The number of nitrogens with zero attached hydrogens (tertiary/aromatic N) is 1. The van der Waals surface area contributed by atoms with Crippen molar-refractivity contribution in [2.24, 2.45) is 0 Å². The Morgan fingerprint density at radius 1 is 1.19 bits per heavy atom. The third kappa shape index (κ3) is 4.08. The summed E-state index contributed by atoms with van der Waals surface area (Å²) in [6.45, 7) is 3.33. The number of amides is 1. The molecule has 0 aliphatic carbocycles. The summed E-state index contributed by atoms with van der Waals surface area (Å²) in [4.78, 5) is 15.0. The van der Waals surface area contributed by atoms with Gasteiger partial charge in [0.1, 0.15) is 5.75 Å². The van der Waals surface area contributed by atoms with Gasteiger partial charge in [-0.2, -0.15) is 0 Å². The average molecular weight is 393 g/mol. The lowest BCUT2D eigenvalue weighted by molar-refractivity contribution is 0.102. The number of carbonyl (C=O) groups excluding carboxylic acids is 1. The Bertz CT molecular complexity index is 793. The number of ether oxygens (including phenoxy) is 1. The molecule has 1 amide bonds. The van der Waals surface area contributed by atoms with Crippen LogP contribution in [0.4, 0.5) is 11.4 Å². The van der Waals surface area contributed by atoms with E-state index < -0.39 is 0 Å². The molecule has 1 aliphatic rings. The Hall–Kier alpha value is -1.91.